The largest absolute Gasteiger partial charge is 0.394 e. The van der Waals surface area contributed by atoms with Gasteiger partial charge in [0, 0.05) is 6.42 Å². The average molecular weight is 744 g/mol. The van der Waals surface area contributed by atoms with E-state index in [-0.39, 0.29) is 12.5 Å². The fourth-order valence-electron chi connectivity index (χ4n) is 6.82. The van der Waals surface area contributed by atoms with Crippen LogP contribution in [0.4, 0.5) is 0 Å². The maximum atomic E-state index is 12.4. The minimum atomic E-state index is -1.17. The first-order chi connectivity index (χ1) is 26.1. The fraction of sp³-hybridized carbons (Fsp3) is 0.812. The molecule has 310 valence electrons. The van der Waals surface area contributed by atoms with Gasteiger partial charge < -0.3 is 20.6 Å². The van der Waals surface area contributed by atoms with E-state index in [4.69, 9.17) is 0 Å². The minimum Gasteiger partial charge on any atom is -0.394 e. The Balaban J connectivity index is 3.70. The third-order valence-corrected chi connectivity index (χ3v) is 10.4. The molecular formula is C48H89NO4. The van der Waals surface area contributed by atoms with Crippen LogP contribution in [0.25, 0.3) is 0 Å². The molecule has 0 rings (SSSR count). The van der Waals surface area contributed by atoms with Crippen LogP contribution in [0.3, 0.4) is 0 Å². The lowest BCUT2D eigenvalue weighted by atomic mass is 10.0. The molecule has 5 nitrogen and oxygen atoms in total. The SMILES string of the molecule is CCCCC/C=C\C=C/CCCCCCCCCCCCC(=O)NC(CO)C(O)C(O)CCC/C=C/CC/C=C/CCCCCCCCCCCCC. The van der Waals surface area contributed by atoms with Crippen molar-refractivity contribution < 1.29 is 20.1 Å². The number of carbonyl (C=O) groups excluding carboxylic acids is 1. The molecule has 53 heavy (non-hydrogen) atoms. The van der Waals surface area contributed by atoms with E-state index in [1.54, 1.807) is 0 Å². The van der Waals surface area contributed by atoms with Gasteiger partial charge in [-0.2, -0.15) is 0 Å². The van der Waals surface area contributed by atoms with Gasteiger partial charge in [-0.05, 0) is 77.0 Å². The van der Waals surface area contributed by atoms with Crippen LogP contribution in [0.5, 0.6) is 0 Å². The van der Waals surface area contributed by atoms with Gasteiger partial charge in [0.25, 0.3) is 0 Å². The predicted molar refractivity (Wildman–Crippen MR) is 231 cm³/mol. The number of aliphatic hydroxyl groups excluding tert-OH is 3. The van der Waals surface area contributed by atoms with Gasteiger partial charge in [0.1, 0.15) is 6.10 Å². The Hall–Kier alpha value is -1.69. The highest BCUT2D eigenvalue weighted by molar-refractivity contribution is 5.76. The number of hydrogen-bond acceptors (Lipinski definition) is 4. The van der Waals surface area contributed by atoms with Gasteiger partial charge in [-0.1, -0.05) is 191 Å². The summed E-state index contributed by atoms with van der Waals surface area (Å²) >= 11 is 0. The van der Waals surface area contributed by atoms with Crippen molar-refractivity contribution >= 4 is 5.91 Å². The lowest BCUT2D eigenvalue weighted by Crippen LogP contribution is -2.50. The molecule has 0 radical (unpaired) electrons. The van der Waals surface area contributed by atoms with Crippen LogP contribution < -0.4 is 5.32 Å². The number of hydrogen-bond donors (Lipinski definition) is 4. The molecule has 0 aromatic heterocycles. The monoisotopic (exact) mass is 744 g/mol. The molecule has 0 fully saturated rings. The van der Waals surface area contributed by atoms with E-state index in [0.29, 0.717) is 12.8 Å². The van der Waals surface area contributed by atoms with Gasteiger partial charge >= 0.3 is 0 Å². The Morgan fingerprint density at radius 2 is 0.830 bits per heavy atom. The molecule has 3 unspecified atom stereocenters. The maximum absolute atomic E-state index is 12.4. The second kappa shape index (κ2) is 43.0. The highest BCUT2D eigenvalue weighted by Gasteiger charge is 2.26. The van der Waals surface area contributed by atoms with Gasteiger partial charge in [0.2, 0.25) is 5.91 Å². The van der Waals surface area contributed by atoms with Crippen LogP contribution in [-0.4, -0.2) is 46.1 Å². The van der Waals surface area contributed by atoms with E-state index in [9.17, 15) is 20.1 Å². The zero-order chi connectivity index (χ0) is 38.7. The number of aliphatic hydroxyl groups is 3. The highest BCUT2D eigenvalue weighted by atomic mass is 16.3. The number of allylic oxidation sites excluding steroid dienone is 8. The number of unbranched alkanes of at least 4 members (excludes halogenated alkanes) is 26. The van der Waals surface area contributed by atoms with E-state index < -0.39 is 18.2 Å². The molecule has 0 spiro atoms. The van der Waals surface area contributed by atoms with Gasteiger partial charge in [0.05, 0.1) is 18.8 Å². The highest BCUT2D eigenvalue weighted by Crippen LogP contribution is 2.15. The lowest BCUT2D eigenvalue weighted by Gasteiger charge is -2.26. The molecule has 5 heteroatoms. The van der Waals surface area contributed by atoms with Crippen LogP contribution >= 0.6 is 0 Å². The molecule has 3 atom stereocenters. The maximum Gasteiger partial charge on any atom is 0.220 e. The van der Waals surface area contributed by atoms with Crippen molar-refractivity contribution in [2.45, 2.75) is 244 Å². The van der Waals surface area contributed by atoms with Gasteiger partial charge in [-0.15, -0.1) is 0 Å². The smallest absolute Gasteiger partial charge is 0.220 e. The third-order valence-electron chi connectivity index (χ3n) is 10.4. The van der Waals surface area contributed by atoms with Crippen molar-refractivity contribution in [1.29, 1.82) is 0 Å². The van der Waals surface area contributed by atoms with E-state index in [1.165, 1.54) is 154 Å². The molecule has 0 aliphatic carbocycles. The minimum absolute atomic E-state index is 0.163. The summed E-state index contributed by atoms with van der Waals surface area (Å²) in [6, 6.07) is -0.835. The summed E-state index contributed by atoms with van der Waals surface area (Å²) in [5.41, 5.74) is 0. The molecule has 0 saturated carbocycles. The first-order valence-corrected chi connectivity index (χ1v) is 22.9. The quantitative estimate of drug-likeness (QED) is 0.0285. The normalized spacial score (nSPS) is 14.0. The number of carbonyl (C=O) groups is 1. The van der Waals surface area contributed by atoms with Crippen LogP contribution in [0.2, 0.25) is 0 Å². The van der Waals surface area contributed by atoms with Crippen LogP contribution in [-0.2, 0) is 4.79 Å². The molecule has 0 saturated heterocycles. The predicted octanol–water partition coefficient (Wildman–Crippen LogP) is 13.3. The topological polar surface area (TPSA) is 89.8 Å². The summed E-state index contributed by atoms with van der Waals surface area (Å²) in [6.07, 6.45) is 55.0. The van der Waals surface area contributed by atoms with E-state index in [1.807, 2.05) is 0 Å². The summed E-state index contributed by atoms with van der Waals surface area (Å²) < 4.78 is 0. The molecule has 0 aromatic rings. The summed E-state index contributed by atoms with van der Waals surface area (Å²) in [5.74, 6) is -0.163. The first kappa shape index (κ1) is 51.3. The second-order valence-electron chi connectivity index (χ2n) is 15.6. The van der Waals surface area contributed by atoms with Crippen molar-refractivity contribution in [3.8, 4) is 0 Å². The zero-order valence-electron chi connectivity index (χ0n) is 35.1. The molecule has 0 aliphatic heterocycles. The second-order valence-corrected chi connectivity index (χ2v) is 15.6. The van der Waals surface area contributed by atoms with Crippen molar-refractivity contribution in [3.63, 3.8) is 0 Å². The Bertz CT molecular complexity index is 866. The van der Waals surface area contributed by atoms with Gasteiger partial charge in [-0.25, -0.2) is 0 Å². The fourth-order valence-corrected chi connectivity index (χ4v) is 6.82. The molecule has 0 bridgehead atoms. The summed E-state index contributed by atoms with van der Waals surface area (Å²) in [5, 5.41) is 33.5. The van der Waals surface area contributed by atoms with Crippen molar-refractivity contribution in [1.82, 2.24) is 5.32 Å². The molecule has 0 heterocycles. The number of nitrogens with one attached hydrogen (secondary N) is 1. The Morgan fingerprint density at radius 1 is 0.472 bits per heavy atom. The molecule has 0 aromatic carbocycles. The molecule has 1 amide bonds. The van der Waals surface area contributed by atoms with Gasteiger partial charge in [-0.3, -0.25) is 4.79 Å². The molecular weight excluding hydrogens is 655 g/mol. The standard InChI is InChI=1S/C48H89NO4/c1-3-5-7-9-11-13-15-17-19-21-23-25-26-28-30-32-34-36-38-40-42-46(51)48(53)45(44-50)49-47(52)43-41-39-37-35-33-31-29-27-24-22-20-18-16-14-12-10-8-6-4-2/h12,14,16,18,26,28,34,36,45-46,48,50-51,53H,3-11,13,15,17,19-25,27,29-33,35,37-44H2,1-2H3,(H,49,52)/b14-12-,18-16-,28-26+,36-34+. The zero-order valence-corrected chi connectivity index (χ0v) is 35.1. The Morgan fingerprint density at radius 3 is 1.30 bits per heavy atom. The Labute approximate surface area is 329 Å². The number of rotatable bonds is 41. The van der Waals surface area contributed by atoms with Crippen molar-refractivity contribution in [2.24, 2.45) is 0 Å². The summed E-state index contributed by atoms with van der Waals surface area (Å²) in [6.45, 7) is 4.14. The van der Waals surface area contributed by atoms with Crippen molar-refractivity contribution in [3.05, 3.63) is 48.6 Å². The third kappa shape index (κ3) is 38.4. The van der Waals surface area contributed by atoms with Gasteiger partial charge in [0.15, 0.2) is 0 Å². The van der Waals surface area contributed by atoms with Crippen LogP contribution in [0.1, 0.15) is 226 Å². The van der Waals surface area contributed by atoms with Crippen LogP contribution in [0.15, 0.2) is 48.6 Å². The van der Waals surface area contributed by atoms with E-state index >= 15 is 0 Å². The first-order valence-electron chi connectivity index (χ1n) is 22.9. The lowest BCUT2D eigenvalue weighted by molar-refractivity contribution is -0.124. The number of amides is 1. The summed E-state index contributed by atoms with van der Waals surface area (Å²) in [7, 11) is 0. The average Bonchev–Trinajstić information content (AvgIpc) is 3.16. The van der Waals surface area contributed by atoms with E-state index in [2.05, 4.69) is 67.8 Å². The van der Waals surface area contributed by atoms with Crippen LogP contribution in [0, 0.1) is 0 Å². The van der Waals surface area contributed by atoms with E-state index in [0.717, 1.165) is 44.9 Å². The van der Waals surface area contributed by atoms with Crippen molar-refractivity contribution in [2.75, 3.05) is 6.61 Å². The summed E-state index contributed by atoms with van der Waals surface area (Å²) in [4.78, 5) is 12.4. The Kier molecular flexibility index (Phi) is 41.7. The molecule has 4 N–H and O–H groups in total. The molecule has 0 aliphatic rings.